The number of rotatable bonds is 5. The van der Waals surface area contributed by atoms with Crippen LogP contribution < -0.4 is 15.6 Å². The zero-order chi connectivity index (χ0) is 16.2. The molecule has 0 aliphatic heterocycles. The summed E-state index contributed by atoms with van der Waals surface area (Å²) in [4.78, 5) is 24.5. The maximum Gasteiger partial charge on any atom is 0.259 e. The minimum Gasteiger partial charge on any atom is -0.496 e. The van der Waals surface area contributed by atoms with Gasteiger partial charge in [0.1, 0.15) is 18.1 Å². The first kappa shape index (κ1) is 14.9. The Hall–Kier alpha value is -3.02. The standard InChI is InChI=1S/C17H16N2O4/c1-22-15-6-2-5-14-13(15)7-8-19(17(14)21)11-16(20)18-10-12-4-3-9-23-12/h2-9H,10-11H2,1H3,(H,18,20). The van der Waals surface area contributed by atoms with Gasteiger partial charge in [0.15, 0.2) is 0 Å². The molecule has 1 aromatic carbocycles. The number of aromatic nitrogens is 1. The molecular formula is C17H16N2O4. The lowest BCUT2D eigenvalue weighted by Gasteiger charge is -2.09. The third kappa shape index (κ3) is 3.11. The number of carbonyl (C=O) groups excluding carboxylic acids is 1. The van der Waals surface area contributed by atoms with Crippen molar-refractivity contribution in [2.24, 2.45) is 0 Å². The number of ether oxygens (including phenoxy) is 1. The molecule has 3 rings (SSSR count). The molecule has 0 bridgehead atoms. The lowest BCUT2D eigenvalue weighted by atomic mass is 10.1. The van der Waals surface area contributed by atoms with Gasteiger partial charge in [-0.15, -0.1) is 0 Å². The fourth-order valence-corrected chi connectivity index (χ4v) is 2.40. The summed E-state index contributed by atoms with van der Waals surface area (Å²) in [7, 11) is 1.56. The molecule has 0 fully saturated rings. The zero-order valence-electron chi connectivity index (χ0n) is 12.6. The van der Waals surface area contributed by atoms with Crippen LogP contribution in [0, 0.1) is 0 Å². The number of nitrogens with zero attached hydrogens (tertiary/aromatic N) is 1. The SMILES string of the molecule is COc1cccc2c(=O)n(CC(=O)NCc3ccco3)ccc12. The predicted molar refractivity (Wildman–Crippen MR) is 85.3 cm³/mol. The van der Waals surface area contributed by atoms with Crippen LogP contribution in [-0.4, -0.2) is 17.6 Å². The monoisotopic (exact) mass is 312 g/mol. The number of benzene rings is 1. The zero-order valence-corrected chi connectivity index (χ0v) is 12.6. The number of hydrogen-bond acceptors (Lipinski definition) is 4. The molecule has 118 valence electrons. The molecule has 3 aromatic rings. The predicted octanol–water partition coefficient (Wildman–Crippen LogP) is 1.92. The van der Waals surface area contributed by atoms with Gasteiger partial charge in [0.25, 0.3) is 5.56 Å². The summed E-state index contributed by atoms with van der Waals surface area (Å²) in [6.07, 6.45) is 3.14. The number of methoxy groups -OCH3 is 1. The molecule has 23 heavy (non-hydrogen) atoms. The van der Waals surface area contributed by atoms with E-state index in [1.165, 1.54) is 4.57 Å². The van der Waals surface area contributed by atoms with Crippen LogP contribution in [0.15, 0.2) is 58.1 Å². The topological polar surface area (TPSA) is 73.5 Å². The van der Waals surface area contributed by atoms with Gasteiger partial charge in [0.2, 0.25) is 5.91 Å². The molecule has 0 atom stereocenters. The molecule has 0 saturated carbocycles. The van der Waals surface area contributed by atoms with E-state index in [0.29, 0.717) is 23.4 Å². The van der Waals surface area contributed by atoms with Gasteiger partial charge in [-0.05, 0) is 30.3 Å². The molecule has 0 spiro atoms. The Morgan fingerprint density at radius 2 is 2.09 bits per heavy atom. The highest BCUT2D eigenvalue weighted by molar-refractivity contribution is 5.87. The fraction of sp³-hybridized carbons (Fsp3) is 0.176. The summed E-state index contributed by atoms with van der Waals surface area (Å²) in [6.45, 7) is 0.245. The van der Waals surface area contributed by atoms with E-state index < -0.39 is 0 Å². The van der Waals surface area contributed by atoms with E-state index in [1.807, 2.05) is 0 Å². The summed E-state index contributed by atoms with van der Waals surface area (Å²) in [5.41, 5.74) is -0.227. The number of pyridine rings is 1. The molecule has 1 N–H and O–H groups in total. The number of furan rings is 1. The first-order valence-corrected chi connectivity index (χ1v) is 7.14. The molecule has 0 aliphatic carbocycles. The van der Waals surface area contributed by atoms with Crippen LogP contribution in [0.1, 0.15) is 5.76 Å². The third-order valence-corrected chi connectivity index (χ3v) is 3.55. The van der Waals surface area contributed by atoms with E-state index in [4.69, 9.17) is 9.15 Å². The van der Waals surface area contributed by atoms with Crippen molar-refractivity contribution in [2.45, 2.75) is 13.1 Å². The van der Waals surface area contributed by atoms with E-state index in [9.17, 15) is 9.59 Å². The highest BCUT2D eigenvalue weighted by Gasteiger charge is 2.09. The van der Waals surface area contributed by atoms with Crippen LogP contribution >= 0.6 is 0 Å². The quantitative estimate of drug-likeness (QED) is 0.781. The van der Waals surface area contributed by atoms with E-state index in [-0.39, 0.29) is 18.0 Å². The summed E-state index contributed by atoms with van der Waals surface area (Å²) < 4.78 is 11.8. The van der Waals surface area contributed by atoms with E-state index in [0.717, 1.165) is 5.39 Å². The van der Waals surface area contributed by atoms with Crippen LogP contribution in [0.4, 0.5) is 0 Å². The largest absolute Gasteiger partial charge is 0.496 e. The first-order chi connectivity index (χ1) is 11.2. The summed E-state index contributed by atoms with van der Waals surface area (Å²) >= 11 is 0. The van der Waals surface area contributed by atoms with Crippen LogP contribution in [0.5, 0.6) is 5.75 Å². The molecular weight excluding hydrogens is 296 g/mol. The van der Waals surface area contributed by atoms with Crippen LogP contribution in [0.3, 0.4) is 0 Å². The van der Waals surface area contributed by atoms with Crippen LogP contribution in [0.25, 0.3) is 10.8 Å². The molecule has 0 radical (unpaired) electrons. The van der Waals surface area contributed by atoms with Gasteiger partial charge < -0.3 is 19.0 Å². The molecule has 0 unspecified atom stereocenters. The third-order valence-electron chi connectivity index (χ3n) is 3.55. The van der Waals surface area contributed by atoms with Gasteiger partial charge >= 0.3 is 0 Å². The number of fused-ring (bicyclic) bond motifs is 1. The van der Waals surface area contributed by atoms with Crippen molar-refractivity contribution >= 4 is 16.7 Å². The van der Waals surface area contributed by atoms with Crippen molar-refractivity contribution in [3.8, 4) is 5.75 Å². The molecule has 6 nitrogen and oxygen atoms in total. The molecule has 0 aliphatic rings. The number of carbonyl (C=O) groups is 1. The Labute approximate surface area is 132 Å². The van der Waals surface area contributed by atoms with Crippen molar-refractivity contribution in [3.63, 3.8) is 0 Å². The molecule has 2 aromatic heterocycles. The molecule has 6 heteroatoms. The molecule has 0 saturated heterocycles. The second-order valence-corrected chi connectivity index (χ2v) is 5.03. The average molecular weight is 312 g/mol. The normalized spacial score (nSPS) is 10.7. The smallest absolute Gasteiger partial charge is 0.259 e. The second kappa shape index (κ2) is 6.39. The van der Waals surface area contributed by atoms with Crippen LogP contribution in [-0.2, 0) is 17.9 Å². The Morgan fingerprint density at radius 3 is 2.83 bits per heavy atom. The van der Waals surface area contributed by atoms with E-state index in [2.05, 4.69) is 5.32 Å². The van der Waals surface area contributed by atoms with E-state index >= 15 is 0 Å². The van der Waals surface area contributed by atoms with Crippen molar-refractivity contribution in [1.82, 2.24) is 9.88 Å². The van der Waals surface area contributed by atoms with Crippen molar-refractivity contribution in [2.75, 3.05) is 7.11 Å². The van der Waals surface area contributed by atoms with Gasteiger partial charge in [-0.25, -0.2) is 0 Å². The molecule has 1 amide bonds. The lowest BCUT2D eigenvalue weighted by molar-refractivity contribution is -0.121. The second-order valence-electron chi connectivity index (χ2n) is 5.03. The average Bonchev–Trinajstić information content (AvgIpc) is 3.08. The Kier molecular flexibility index (Phi) is 4.14. The summed E-state index contributed by atoms with van der Waals surface area (Å²) in [5.74, 6) is 1.04. The Morgan fingerprint density at radius 1 is 1.22 bits per heavy atom. The highest BCUT2D eigenvalue weighted by Crippen LogP contribution is 2.22. The van der Waals surface area contributed by atoms with Gasteiger partial charge in [-0.2, -0.15) is 0 Å². The van der Waals surface area contributed by atoms with Crippen molar-refractivity contribution in [3.05, 3.63) is 65.0 Å². The summed E-state index contributed by atoms with van der Waals surface area (Å²) in [5, 5.41) is 3.96. The molecule has 2 heterocycles. The summed E-state index contributed by atoms with van der Waals surface area (Å²) in [6, 6.07) is 10.6. The van der Waals surface area contributed by atoms with Gasteiger partial charge in [0, 0.05) is 11.6 Å². The van der Waals surface area contributed by atoms with Crippen LogP contribution in [0.2, 0.25) is 0 Å². The Balaban J connectivity index is 1.79. The van der Waals surface area contributed by atoms with Gasteiger partial charge in [0.05, 0.1) is 25.3 Å². The number of amides is 1. The number of nitrogens with one attached hydrogen (secondary N) is 1. The maximum absolute atomic E-state index is 12.5. The van der Waals surface area contributed by atoms with Gasteiger partial charge in [-0.1, -0.05) is 6.07 Å². The lowest BCUT2D eigenvalue weighted by Crippen LogP contribution is -2.31. The van der Waals surface area contributed by atoms with Crippen molar-refractivity contribution < 1.29 is 13.9 Å². The minimum absolute atomic E-state index is 0.0489. The highest BCUT2D eigenvalue weighted by atomic mass is 16.5. The Bertz CT molecular complexity index is 881. The minimum atomic E-state index is -0.259. The maximum atomic E-state index is 12.5. The fourth-order valence-electron chi connectivity index (χ4n) is 2.40. The van der Waals surface area contributed by atoms with Crippen molar-refractivity contribution in [1.29, 1.82) is 0 Å². The first-order valence-electron chi connectivity index (χ1n) is 7.14. The number of hydrogen-bond donors (Lipinski definition) is 1. The van der Waals surface area contributed by atoms with E-state index in [1.54, 1.807) is 56.0 Å². The van der Waals surface area contributed by atoms with Gasteiger partial charge in [-0.3, -0.25) is 9.59 Å².